The number of halogens is 6. The molecule has 1 fully saturated rings. The molecule has 9 heteroatoms. The molecular weight excluding hydrogens is 290 g/mol. The molecule has 118 valence electrons. The molecule has 20 heavy (non-hydrogen) atoms. The van der Waals surface area contributed by atoms with Crippen molar-refractivity contribution in [2.75, 3.05) is 19.6 Å². The minimum Gasteiger partial charge on any atom is -0.342 e. The van der Waals surface area contributed by atoms with E-state index in [-0.39, 0.29) is 25.6 Å². The van der Waals surface area contributed by atoms with Gasteiger partial charge in [0.25, 0.3) is 0 Å². The number of piperidine rings is 1. The third-order valence-electron chi connectivity index (χ3n) is 3.31. The quantitative estimate of drug-likeness (QED) is 0.813. The summed E-state index contributed by atoms with van der Waals surface area (Å²) in [6, 6.07) is 0. The minimum atomic E-state index is -5.63. The smallest absolute Gasteiger partial charge is 0.342 e. The summed E-state index contributed by atoms with van der Waals surface area (Å²) in [6.07, 6.45) is -9.73. The van der Waals surface area contributed by atoms with Crippen molar-refractivity contribution in [1.29, 1.82) is 0 Å². The number of carbonyl (C=O) groups is 1. The summed E-state index contributed by atoms with van der Waals surface area (Å²) in [5, 5.41) is 0. The van der Waals surface area contributed by atoms with Crippen LogP contribution in [-0.4, -0.2) is 42.8 Å². The average molecular weight is 306 g/mol. The molecule has 1 aliphatic rings. The maximum Gasteiger partial charge on any atom is 0.409 e. The second-order valence-corrected chi connectivity index (χ2v) is 4.89. The fourth-order valence-electron chi connectivity index (χ4n) is 2.38. The number of rotatable bonds is 3. The first-order chi connectivity index (χ1) is 9.07. The third kappa shape index (κ3) is 4.26. The molecule has 0 aliphatic carbocycles. The number of carbonyl (C=O) groups excluding carboxylic acids is 1. The Kier molecular flexibility index (Phi) is 5.28. The van der Waals surface area contributed by atoms with Crippen LogP contribution in [-0.2, 0) is 4.79 Å². The van der Waals surface area contributed by atoms with Crippen LogP contribution in [0.25, 0.3) is 0 Å². The second-order valence-electron chi connectivity index (χ2n) is 4.89. The standard InChI is InChI=1S/C11H16F6N2O/c12-10(13,14)8(11(15,16)17)9(20)19-5-1-2-7(6-19)3-4-18/h7-8H,1-6,18H2. The molecule has 3 nitrogen and oxygen atoms in total. The highest BCUT2D eigenvalue weighted by Gasteiger charge is 2.62. The Morgan fingerprint density at radius 3 is 2.20 bits per heavy atom. The molecular formula is C11H16F6N2O. The number of nitrogens with two attached hydrogens (primary N) is 1. The number of hydrogen-bond donors (Lipinski definition) is 1. The van der Waals surface area contributed by atoms with Crippen LogP contribution in [0.15, 0.2) is 0 Å². The molecule has 0 aromatic carbocycles. The molecule has 0 aromatic rings. The van der Waals surface area contributed by atoms with Crippen molar-refractivity contribution in [2.45, 2.75) is 31.6 Å². The number of likely N-dealkylation sites (tertiary alicyclic amines) is 1. The van der Waals surface area contributed by atoms with Gasteiger partial charge >= 0.3 is 12.4 Å². The van der Waals surface area contributed by atoms with E-state index in [0.717, 1.165) is 0 Å². The molecule has 2 N–H and O–H groups in total. The third-order valence-corrected chi connectivity index (χ3v) is 3.31. The molecule has 0 radical (unpaired) electrons. The summed E-state index contributed by atoms with van der Waals surface area (Å²) in [5.74, 6) is -5.99. The van der Waals surface area contributed by atoms with Gasteiger partial charge in [0.05, 0.1) is 0 Å². The van der Waals surface area contributed by atoms with Crippen molar-refractivity contribution in [3.05, 3.63) is 0 Å². The number of amides is 1. The highest BCUT2D eigenvalue weighted by atomic mass is 19.4. The SMILES string of the molecule is NCCC1CCCN(C(=O)C(C(F)(F)F)C(F)(F)F)C1. The lowest BCUT2D eigenvalue weighted by Gasteiger charge is -2.35. The van der Waals surface area contributed by atoms with Crippen molar-refractivity contribution < 1.29 is 31.1 Å². The van der Waals surface area contributed by atoms with Crippen LogP contribution in [0.1, 0.15) is 19.3 Å². The van der Waals surface area contributed by atoms with E-state index in [1.165, 1.54) is 0 Å². The van der Waals surface area contributed by atoms with Crippen LogP contribution in [0.4, 0.5) is 26.3 Å². The van der Waals surface area contributed by atoms with Crippen LogP contribution < -0.4 is 5.73 Å². The molecule has 1 saturated heterocycles. The van der Waals surface area contributed by atoms with Crippen molar-refractivity contribution >= 4 is 5.91 Å². The van der Waals surface area contributed by atoms with E-state index in [4.69, 9.17) is 5.73 Å². The predicted molar refractivity (Wildman–Crippen MR) is 58.6 cm³/mol. The van der Waals surface area contributed by atoms with E-state index < -0.39 is 24.2 Å². The van der Waals surface area contributed by atoms with Crippen molar-refractivity contribution in [1.82, 2.24) is 4.90 Å². The Morgan fingerprint density at radius 1 is 1.20 bits per heavy atom. The van der Waals surface area contributed by atoms with E-state index in [1.54, 1.807) is 0 Å². The van der Waals surface area contributed by atoms with E-state index in [9.17, 15) is 31.1 Å². The summed E-state index contributed by atoms with van der Waals surface area (Å²) in [6.45, 7) is 0.107. The molecule has 1 heterocycles. The number of alkyl halides is 6. The first-order valence-corrected chi connectivity index (χ1v) is 6.19. The molecule has 1 rings (SSSR count). The number of hydrogen-bond acceptors (Lipinski definition) is 2. The molecule has 0 spiro atoms. The van der Waals surface area contributed by atoms with Crippen molar-refractivity contribution in [3.8, 4) is 0 Å². The van der Waals surface area contributed by atoms with Gasteiger partial charge in [0.2, 0.25) is 11.8 Å². The molecule has 0 saturated carbocycles. The Balaban J connectivity index is 2.85. The normalized spacial score (nSPS) is 21.4. The van der Waals surface area contributed by atoms with Gasteiger partial charge in [-0.3, -0.25) is 4.79 Å². The summed E-state index contributed by atoms with van der Waals surface area (Å²) in [4.78, 5) is 12.3. The maximum atomic E-state index is 12.5. The van der Waals surface area contributed by atoms with Gasteiger partial charge in [0.1, 0.15) is 0 Å². The Morgan fingerprint density at radius 2 is 1.75 bits per heavy atom. The van der Waals surface area contributed by atoms with Crippen LogP contribution in [0.3, 0.4) is 0 Å². The van der Waals surface area contributed by atoms with Crippen LogP contribution in [0, 0.1) is 11.8 Å². The maximum absolute atomic E-state index is 12.5. The second kappa shape index (κ2) is 6.19. The summed E-state index contributed by atoms with van der Waals surface area (Å²) < 4.78 is 74.9. The van der Waals surface area contributed by atoms with Gasteiger partial charge in [-0.25, -0.2) is 0 Å². The van der Waals surface area contributed by atoms with Gasteiger partial charge in [-0.1, -0.05) is 0 Å². The summed E-state index contributed by atoms with van der Waals surface area (Å²) in [7, 11) is 0. The average Bonchev–Trinajstić information content (AvgIpc) is 2.25. The van der Waals surface area contributed by atoms with Gasteiger partial charge in [0.15, 0.2) is 0 Å². The van der Waals surface area contributed by atoms with Crippen molar-refractivity contribution in [3.63, 3.8) is 0 Å². The summed E-state index contributed by atoms with van der Waals surface area (Å²) >= 11 is 0. The van der Waals surface area contributed by atoms with Crippen LogP contribution in [0.2, 0.25) is 0 Å². The fraction of sp³-hybridized carbons (Fsp3) is 0.909. The van der Waals surface area contributed by atoms with E-state index in [0.29, 0.717) is 24.2 Å². The van der Waals surface area contributed by atoms with Crippen molar-refractivity contribution in [2.24, 2.45) is 17.6 Å². The highest BCUT2D eigenvalue weighted by molar-refractivity contribution is 5.80. The predicted octanol–water partition coefficient (Wildman–Crippen LogP) is 2.31. The topological polar surface area (TPSA) is 46.3 Å². The minimum absolute atomic E-state index is 0.0808. The van der Waals surface area contributed by atoms with Crippen LogP contribution >= 0.6 is 0 Å². The van der Waals surface area contributed by atoms with Gasteiger partial charge in [-0.2, -0.15) is 26.3 Å². The van der Waals surface area contributed by atoms with Gasteiger partial charge in [-0.05, 0) is 31.7 Å². The molecule has 1 unspecified atom stereocenters. The molecule has 1 aliphatic heterocycles. The first kappa shape index (κ1) is 17.1. The highest BCUT2D eigenvalue weighted by Crippen LogP contribution is 2.41. The van der Waals surface area contributed by atoms with Gasteiger partial charge < -0.3 is 10.6 Å². The van der Waals surface area contributed by atoms with Crippen LogP contribution in [0.5, 0.6) is 0 Å². The summed E-state index contributed by atoms with van der Waals surface area (Å²) in [5.41, 5.74) is 5.32. The largest absolute Gasteiger partial charge is 0.409 e. The molecule has 1 atom stereocenters. The Hall–Kier alpha value is -0.990. The zero-order chi connectivity index (χ0) is 15.6. The lowest BCUT2D eigenvalue weighted by molar-refractivity contribution is -0.278. The first-order valence-electron chi connectivity index (χ1n) is 6.19. The van der Waals surface area contributed by atoms with E-state index >= 15 is 0 Å². The zero-order valence-electron chi connectivity index (χ0n) is 10.6. The lowest BCUT2D eigenvalue weighted by atomic mass is 9.93. The van der Waals surface area contributed by atoms with Gasteiger partial charge in [0, 0.05) is 13.1 Å². The molecule has 1 amide bonds. The zero-order valence-corrected chi connectivity index (χ0v) is 10.6. The lowest BCUT2D eigenvalue weighted by Crippen LogP contribution is -2.52. The van der Waals surface area contributed by atoms with E-state index in [2.05, 4.69) is 0 Å². The number of nitrogens with zero attached hydrogens (tertiary/aromatic N) is 1. The molecule has 0 aromatic heterocycles. The fourth-order valence-corrected chi connectivity index (χ4v) is 2.38. The molecule has 0 bridgehead atoms. The van der Waals surface area contributed by atoms with Gasteiger partial charge in [-0.15, -0.1) is 0 Å². The monoisotopic (exact) mass is 306 g/mol. The Bertz CT molecular complexity index is 325. The Labute approximate surface area is 112 Å². The van der Waals surface area contributed by atoms with E-state index in [1.807, 2.05) is 0 Å².